The first-order chi connectivity index (χ1) is 18.4. The van der Waals surface area contributed by atoms with Gasteiger partial charge in [-0.2, -0.15) is 15.1 Å². The topological polar surface area (TPSA) is 185 Å². The first kappa shape index (κ1) is 27.2. The van der Waals surface area contributed by atoms with Gasteiger partial charge in [0.25, 0.3) is 0 Å². The standard InChI is InChI=1S/C23H29FN7O7P/c1-5-35-19(32)12(2)30-39(34,37-13-9-7-6-8-10-13)38-16-15-23(16,33)22(3,24)20(36-15)31-11-27-14-17(26-4)28-21(25)29-18(14)31/h6-12,15-16,20,33H,5H2,1-4H3,(H,30,34)(H3,25,26,28,29)/t12-,15+,16?,20+,22-,23-,39-/m0/s1. The van der Waals surface area contributed by atoms with E-state index < -0.39 is 49.5 Å². The first-order valence-electron chi connectivity index (χ1n) is 12.2. The number of imidazole rings is 1. The number of fused-ring (bicyclic) bond motifs is 2. The predicted octanol–water partition coefficient (Wildman–Crippen LogP) is 1.93. The van der Waals surface area contributed by atoms with Crippen molar-refractivity contribution < 1.29 is 37.4 Å². The molecule has 1 unspecified atom stereocenters. The largest absolute Gasteiger partial charge is 0.465 e. The van der Waals surface area contributed by atoms with Crippen LogP contribution in [0.1, 0.15) is 27.0 Å². The number of carbonyl (C=O) groups is 1. The number of nitrogens with two attached hydrogens (primary N) is 1. The van der Waals surface area contributed by atoms with Gasteiger partial charge in [-0.25, -0.2) is 13.9 Å². The summed E-state index contributed by atoms with van der Waals surface area (Å²) in [5.41, 5.74) is 1.62. The summed E-state index contributed by atoms with van der Waals surface area (Å²) in [6, 6.07) is 6.95. The van der Waals surface area contributed by atoms with E-state index in [4.69, 9.17) is 24.3 Å². The second-order valence-electron chi connectivity index (χ2n) is 9.35. The molecule has 39 heavy (non-hydrogen) atoms. The second-order valence-corrected chi connectivity index (χ2v) is 11.0. The number of aliphatic hydroxyl groups is 1. The summed E-state index contributed by atoms with van der Waals surface area (Å²) in [4.78, 5) is 24.7. The van der Waals surface area contributed by atoms with Crippen molar-refractivity contribution in [3.63, 3.8) is 0 Å². The number of carbonyl (C=O) groups excluding carboxylic acids is 1. The Morgan fingerprint density at radius 1 is 1.36 bits per heavy atom. The van der Waals surface area contributed by atoms with E-state index in [2.05, 4.69) is 25.4 Å². The molecule has 2 aliphatic rings. The smallest absolute Gasteiger partial charge is 0.459 e. The molecule has 1 saturated heterocycles. The van der Waals surface area contributed by atoms with Crippen LogP contribution in [0.15, 0.2) is 36.7 Å². The summed E-state index contributed by atoms with van der Waals surface area (Å²) in [6.07, 6.45) is -2.71. The molecule has 1 aromatic carbocycles. The molecule has 5 rings (SSSR count). The Morgan fingerprint density at radius 2 is 2.08 bits per heavy atom. The fourth-order valence-corrected chi connectivity index (χ4v) is 6.36. The van der Waals surface area contributed by atoms with Gasteiger partial charge >= 0.3 is 13.7 Å². The minimum Gasteiger partial charge on any atom is -0.465 e. The number of alkyl halides is 1. The number of esters is 1. The number of nitrogens with one attached hydrogen (secondary N) is 2. The molecule has 1 aliphatic heterocycles. The van der Waals surface area contributed by atoms with Gasteiger partial charge < -0.3 is 30.2 Å². The minimum atomic E-state index is -4.38. The zero-order valence-corrected chi connectivity index (χ0v) is 22.5. The molecule has 16 heteroatoms. The van der Waals surface area contributed by atoms with Gasteiger partial charge in [0, 0.05) is 7.05 Å². The summed E-state index contributed by atoms with van der Waals surface area (Å²) in [5.74, 6) is -0.279. The fourth-order valence-electron chi connectivity index (χ4n) is 4.66. The van der Waals surface area contributed by atoms with Crippen LogP contribution in [0.4, 0.5) is 16.2 Å². The minimum absolute atomic E-state index is 0.0713. The molecule has 0 bridgehead atoms. The number of halogens is 1. The van der Waals surface area contributed by atoms with Crippen molar-refractivity contribution in [2.24, 2.45) is 0 Å². The number of nitrogen functional groups attached to an aromatic ring is 1. The van der Waals surface area contributed by atoms with Crippen molar-refractivity contribution in [1.82, 2.24) is 24.6 Å². The fraction of sp³-hybridized carbons (Fsp3) is 0.478. The Hall–Kier alpha value is -3.36. The molecule has 3 heterocycles. The number of rotatable bonds is 10. The van der Waals surface area contributed by atoms with Crippen molar-refractivity contribution in [1.29, 1.82) is 0 Å². The summed E-state index contributed by atoms with van der Waals surface area (Å²) in [5, 5.41) is 16.7. The molecule has 2 aromatic heterocycles. The summed E-state index contributed by atoms with van der Waals surface area (Å²) in [6.45, 7) is 4.27. The average molecular weight is 565 g/mol. The van der Waals surface area contributed by atoms with E-state index in [0.717, 1.165) is 6.92 Å². The lowest BCUT2D eigenvalue weighted by Crippen LogP contribution is -2.45. The normalized spacial score (nSPS) is 29.8. The molecular formula is C23H29FN7O7P. The average Bonchev–Trinajstić information content (AvgIpc) is 3.14. The quantitative estimate of drug-likeness (QED) is 0.207. The number of hydrogen-bond acceptors (Lipinski definition) is 12. The molecule has 0 spiro atoms. The number of nitrogens with zero attached hydrogens (tertiary/aromatic N) is 4. The lowest BCUT2D eigenvalue weighted by molar-refractivity contribution is -0.144. The van der Waals surface area contributed by atoms with Crippen LogP contribution in [0.2, 0.25) is 0 Å². The van der Waals surface area contributed by atoms with Crippen LogP contribution >= 0.6 is 7.75 Å². The number of ether oxygens (including phenoxy) is 2. The Kier molecular flexibility index (Phi) is 6.75. The van der Waals surface area contributed by atoms with Crippen LogP contribution in [-0.4, -0.2) is 73.8 Å². The highest BCUT2D eigenvalue weighted by atomic mass is 31.2. The third-order valence-electron chi connectivity index (χ3n) is 6.70. The molecular weight excluding hydrogens is 536 g/mol. The molecule has 210 valence electrons. The molecule has 0 radical (unpaired) electrons. The van der Waals surface area contributed by atoms with E-state index in [9.17, 15) is 14.5 Å². The molecule has 1 saturated carbocycles. The van der Waals surface area contributed by atoms with Crippen molar-refractivity contribution in [2.45, 2.75) is 56.5 Å². The summed E-state index contributed by atoms with van der Waals surface area (Å²) >= 11 is 0. The summed E-state index contributed by atoms with van der Waals surface area (Å²) < 4.78 is 53.6. The van der Waals surface area contributed by atoms with Gasteiger partial charge in [-0.15, -0.1) is 0 Å². The molecule has 5 N–H and O–H groups in total. The predicted molar refractivity (Wildman–Crippen MR) is 136 cm³/mol. The highest BCUT2D eigenvalue weighted by Gasteiger charge is 2.85. The van der Waals surface area contributed by atoms with E-state index in [1.165, 1.54) is 30.0 Å². The number of para-hydroxylation sites is 1. The van der Waals surface area contributed by atoms with E-state index in [1.54, 1.807) is 32.2 Å². The van der Waals surface area contributed by atoms with Crippen molar-refractivity contribution >= 4 is 36.6 Å². The zero-order chi connectivity index (χ0) is 28.2. The van der Waals surface area contributed by atoms with Crippen LogP contribution in [0.3, 0.4) is 0 Å². The van der Waals surface area contributed by atoms with Crippen LogP contribution < -0.4 is 20.7 Å². The van der Waals surface area contributed by atoms with Gasteiger partial charge in [-0.05, 0) is 32.9 Å². The Morgan fingerprint density at radius 3 is 2.69 bits per heavy atom. The van der Waals surface area contributed by atoms with Crippen LogP contribution in [0.25, 0.3) is 11.2 Å². The maximum atomic E-state index is 16.4. The molecule has 2 fully saturated rings. The van der Waals surface area contributed by atoms with Gasteiger partial charge in [0.05, 0.1) is 12.9 Å². The van der Waals surface area contributed by atoms with Gasteiger partial charge in [0.1, 0.15) is 24.0 Å². The third-order valence-corrected chi connectivity index (χ3v) is 8.36. The van der Waals surface area contributed by atoms with Crippen LogP contribution in [0.5, 0.6) is 5.75 Å². The van der Waals surface area contributed by atoms with Crippen molar-refractivity contribution in [3.05, 3.63) is 36.7 Å². The van der Waals surface area contributed by atoms with Gasteiger partial charge in [-0.1, -0.05) is 18.2 Å². The van der Waals surface area contributed by atoms with Gasteiger partial charge in [0.15, 0.2) is 34.5 Å². The lowest BCUT2D eigenvalue weighted by atomic mass is 9.97. The SMILES string of the molecule is CCOC(=O)[C@H](C)N[P@](=O)(Oc1ccccc1)OC1[C@H]2O[C@@H](n3cnc4c(NC)nc(N)nc43)[C@](C)(F)[C@@]12O. The molecule has 1 aliphatic carbocycles. The monoisotopic (exact) mass is 565 g/mol. The number of hydrogen-bond donors (Lipinski definition) is 4. The number of benzene rings is 1. The van der Waals surface area contributed by atoms with E-state index >= 15 is 4.39 Å². The molecule has 3 aromatic rings. The first-order valence-corrected chi connectivity index (χ1v) is 13.7. The van der Waals surface area contributed by atoms with Crippen LogP contribution in [-0.2, 0) is 23.4 Å². The van der Waals surface area contributed by atoms with E-state index in [-0.39, 0.29) is 24.0 Å². The maximum absolute atomic E-state index is 16.4. The molecule has 14 nitrogen and oxygen atoms in total. The van der Waals surface area contributed by atoms with E-state index in [0.29, 0.717) is 11.3 Å². The van der Waals surface area contributed by atoms with Gasteiger partial charge in [-0.3, -0.25) is 13.9 Å². The van der Waals surface area contributed by atoms with Gasteiger partial charge in [0.2, 0.25) is 5.95 Å². The van der Waals surface area contributed by atoms with Crippen molar-refractivity contribution in [3.8, 4) is 5.75 Å². The molecule has 7 atom stereocenters. The lowest BCUT2D eigenvalue weighted by Gasteiger charge is -2.31. The van der Waals surface area contributed by atoms with Crippen molar-refractivity contribution in [2.75, 3.05) is 24.7 Å². The Balaban J connectivity index is 1.41. The third kappa shape index (κ3) is 4.49. The Bertz CT molecular complexity index is 1440. The Labute approximate surface area is 222 Å². The van der Waals surface area contributed by atoms with Crippen LogP contribution in [0, 0.1) is 0 Å². The van der Waals surface area contributed by atoms with E-state index in [1.807, 2.05) is 0 Å². The summed E-state index contributed by atoms with van der Waals surface area (Å²) in [7, 11) is -2.76. The number of anilines is 2. The zero-order valence-electron chi connectivity index (χ0n) is 21.6. The highest BCUT2D eigenvalue weighted by Crippen LogP contribution is 2.66. The number of aromatic nitrogens is 4. The second kappa shape index (κ2) is 9.68. The highest BCUT2D eigenvalue weighted by molar-refractivity contribution is 7.52. The molecule has 0 amide bonds. The maximum Gasteiger partial charge on any atom is 0.459 e.